The van der Waals surface area contributed by atoms with Crippen molar-refractivity contribution in [2.45, 2.75) is 37.6 Å². The van der Waals surface area contributed by atoms with Gasteiger partial charge in [-0.1, -0.05) is 19.1 Å². The Balaban J connectivity index is 2.11. The van der Waals surface area contributed by atoms with Gasteiger partial charge in [0.15, 0.2) is 0 Å². The van der Waals surface area contributed by atoms with Gasteiger partial charge < -0.3 is 5.32 Å². The number of halogens is 1. The van der Waals surface area contributed by atoms with E-state index >= 15 is 0 Å². The third kappa shape index (κ3) is 1.14. The van der Waals surface area contributed by atoms with E-state index < -0.39 is 0 Å². The van der Waals surface area contributed by atoms with Crippen molar-refractivity contribution in [1.29, 1.82) is 0 Å². The summed E-state index contributed by atoms with van der Waals surface area (Å²) in [6.07, 6.45) is 1.95. The summed E-state index contributed by atoms with van der Waals surface area (Å²) < 4.78 is 13.7. The van der Waals surface area contributed by atoms with Crippen molar-refractivity contribution in [1.82, 2.24) is 0 Å². The second-order valence-electron chi connectivity index (χ2n) is 5.02. The molecular weight excluding hydrogens is 205 g/mol. The molecule has 1 fully saturated rings. The van der Waals surface area contributed by atoms with Crippen molar-refractivity contribution < 1.29 is 9.18 Å². The molecule has 1 heterocycles. The number of Topliss-reactive ketones (excluding diaryl/α,β-unsaturated/α-hetero) is 1. The molecule has 84 valence electrons. The molecule has 0 bridgehead atoms. The van der Waals surface area contributed by atoms with Crippen LogP contribution in [0.15, 0.2) is 18.2 Å². The fourth-order valence-corrected chi connectivity index (χ4v) is 2.98. The fraction of sp³-hybridized carbons (Fsp3) is 0.462. The molecule has 1 aromatic rings. The number of anilines is 1. The van der Waals surface area contributed by atoms with Crippen LogP contribution >= 0.6 is 0 Å². The first-order chi connectivity index (χ1) is 7.61. The van der Waals surface area contributed by atoms with E-state index in [9.17, 15) is 9.18 Å². The summed E-state index contributed by atoms with van der Waals surface area (Å²) in [5.74, 6) is 0.0729. The molecule has 2 atom stereocenters. The highest BCUT2D eigenvalue weighted by atomic mass is 19.1. The van der Waals surface area contributed by atoms with Crippen molar-refractivity contribution in [3.8, 4) is 0 Å². The van der Waals surface area contributed by atoms with Crippen molar-refractivity contribution in [2.75, 3.05) is 5.32 Å². The lowest BCUT2D eigenvalue weighted by Crippen LogP contribution is -2.42. The molecule has 1 aromatic carbocycles. The van der Waals surface area contributed by atoms with Gasteiger partial charge >= 0.3 is 0 Å². The van der Waals surface area contributed by atoms with Gasteiger partial charge in [-0.05, 0) is 18.1 Å². The van der Waals surface area contributed by atoms with Crippen LogP contribution in [0, 0.1) is 5.82 Å². The summed E-state index contributed by atoms with van der Waals surface area (Å²) in [4.78, 5) is 11.5. The van der Waals surface area contributed by atoms with E-state index in [0.29, 0.717) is 18.5 Å². The number of fused-ring (bicyclic) bond motifs is 3. The zero-order valence-corrected chi connectivity index (χ0v) is 9.22. The zero-order valence-electron chi connectivity index (χ0n) is 9.22. The molecule has 1 saturated carbocycles. The lowest BCUT2D eigenvalue weighted by atomic mass is 9.69. The minimum atomic E-state index is -0.208. The minimum Gasteiger partial charge on any atom is -0.378 e. The van der Waals surface area contributed by atoms with Crippen LogP contribution in [0.3, 0.4) is 0 Å². The standard InChI is InChI=1S/C13H14FNO/c1-13-6-5-8(16)7-11(13)15-12-9(13)3-2-4-10(12)14/h2-4,11,15H,5-7H2,1H3/t11-,13-/m1/s1. The van der Waals surface area contributed by atoms with E-state index in [2.05, 4.69) is 12.2 Å². The van der Waals surface area contributed by atoms with Crippen LogP contribution in [0.4, 0.5) is 10.1 Å². The van der Waals surface area contributed by atoms with Crippen LogP contribution in [-0.2, 0) is 10.2 Å². The van der Waals surface area contributed by atoms with Crippen molar-refractivity contribution in [2.24, 2.45) is 0 Å². The first-order valence-corrected chi connectivity index (χ1v) is 5.68. The number of nitrogens with one attached hydrogen (secondary N) is 1. The van der Waals surface area contributed by atoms with Gasteiger partial charge in [0.05, 0.1) is 5.69 Å². The SMILES string of the molecule is C[C@]12CCC(=O)C[C@H]1Nc1c(F)cccc12. The van der Waals surface area contributed by atoms with Crippen molar-refractivity contribution in [3.63, 3.8) is 0 Å². The summed E-state index contributed by atoms with van der Waals surface area (Å²) in [5, 5.41) is 3.18. The molecule has 2 nitrogen and oxygen atoms in total. The van der Waals surface area contributed by atoms with Gasteiger partial charge in [0.1, 0.15) is 11.6 Å². The largest absolute Gasteiger partial charge is 0.378 e. The quantitative estimate of drug-likeness (QED) is 0.726. The summed E-state index contributed by atoms with van der Waals surface area (Å²) in [5.41, 5.74) is 1.56. The Morgan fingerprint density at radius 3 is 3.12 bits per heavy atom. The van der Waals surface area contributed by atoms with Crippen LogP contribution in [0.2, 0.25) is 0 Å². The van der Waals surface area contributed by atoms with Crippen LogP contribution in [0.1, 0.15) is 31.7 Å². The van der Waals surface area contributed by atoms with E-state index in [1.54, 1.807) is 6.07 Å². The van der Waals surface area contributed by atoms with Crippen LogP contribution < -0.4 is 5.32 Å². The Bertz CT molecular complexity index is 471. The summed E-state index contributed by atoms with van der Waals surface area (Å²) in [7, 11) is 0. The summed E-state index contributed by atoms with van der Waals surface area (Å²) >= 11 is 0. The lowest BCUT2D eigenvalue weighted by molar-refractivity contribution is -0.121. The summed E-state index contributed by atoms with van der Waals surface area (Å²) in [6, 6.07) is 5.26. The van der Waals surface area contributed by atoms with E-state index in [1.165, 1.54) is 6.07 Å². The van der Waals surface area contributed by atoms with E-state index in [1.807, 2.05) is 6.07 Å². The Morgan fingerprint density at radius 1 is 1.50 bits per heavy atom. The number of rotatable bonds is 0. The maximum absolute atomic E-state index is 13.7. The average Bonchev–Trinajstić information content (AvgIpc) is 2.54. The molecule has 3 rings (SSSR count). The van der Waals surface area contributed by atoms with Gasteiger partial charge in [-0.25, -0.2) is 4.39 Å². The Kier molecular flexibility index (Phi) is 1.88. The second kappa shape index (κ2) is 3.06. The molecule has 0 radical (unpaired) electrons. The molecule has 16 heavy (non-hydrogen) atoms. The lowest BCUT2D eigenvalue weighted by Gasteiger charge is -2.35. The van der Waals surface area contributed by atoms with Gasteiger partial charge in [-0.3, -0.25) is 4.79 Å². The third-order valence-electron chi connectivity index (χ3n) is 4.07. The molecule has 1 aliphatic heterocycles. The highest BCUT2D eigenvalue weighted by Crippen LogP contribution is 2.48. The Morgan fingerprint density at radius 2 is 2.31 bits per heavy atom. The number of hydrogen-bond acceptors (Lipinski definition) is 2. The van der Waals surface area contributed by atoms with Crippen molar-refractivity contribution >= 4 is 11.5 Å². The molecule has 1 aliphatic carbocycles. The molecule has 1 N–H and O–H groups in total. The molecule has 0 saturated heterocycles. The number of hydrogen-bond donors (Lipinski definition) is 1. The highest BCUT2D eigenvalue weighted by molar-refractivity contribution is 5.83. The zero-order chi connectivity index (χ0) is 11.3. The summed E-state index contributed by atoms with van der Waals surface area (Å²) in [6.45, 7) is 2.13. The van der Waals surface area contributed by atoms with E-state index in [-0.39, 0.29) is 23.1 Å². The van der Waals surface area contributed by atoms with Crippen molar-refractivity contribution in [3.05, 3.63) is 29.6 Å². The molecule has 2 aliphatic rings. The Hall–Kier alpha value is -1.38. The fourth-order valence-electron chi connectivity index (χ4n) is 2.98. The van der Waals surface area contributed by atoms with E-state index in [4.69, 9.17) is 0 Å². The van der Waals surface area contributed by atoms with Gasteiger partial charge in [-0.15, -0.1) is 0 Å². The maximum atomic E-state index is 13.7. The number of benzene rings is 1. The Labute approximate surface area is 93.9 Å². The number of para-hydroxylation sites is 1. The normalized spacial score (nSPS) is 31.9. The first-order valence-electron chi connectivity index (χ1n) is 5.68. The average molecular weight is 219 g/mol. The highest BCUT2D eigenvalue weighted by Gasteiger charge is 2.47. The van der Waals surface area contributed by atoms with Crippen LogP contribution in [-0.4, -0.2) is 11.8 Å². The molecule has 0 spiro atoms. The smallest absolute Gasteiger partial charge is 0.146 e. The van der Waals surface area contributed by atoms with Gasteiger partial charge in [0.2, 0.25) is 0 Å². The van der Waals surface area contributed by atoms with Crippen LogP contribution in [0.25, 0.3) is 0 Å². The maximum Gasteiger partial charge on any atom is 0.146 e. The van der Waals surface area contributed by atoms with Gasteiger partial charge in [0.25, 0.3) is 0 Å². The number of ketones is 1. The van der Waals surface area contributed by atoms with Gasteiger partial charge in [-0.2, -0.15) is 0 Å². The van der Waals surface area contributed by atoms with Crippen LogP contribution in [0.5, 0.6) is 0 Å². The second-order valence-corrected chi connectivity index (χ2v) is 5.02. The number of carbonyl (C=O) groups is 1. The predicted octanol–water partition coefficient (Wildman–Crippen LogP) is 2.63. The topological polar surface area (TPSA) is 29.1 Å². The third-order valence-corrected chi connectivity index (χ3v) is 4.07. The molecule has 3 heteroatoms. The monoisotopic (exact) mass is 219 g/mol. The first kappa shape index (κ1) is 9.82. The molecule has 0 unspecified atom stereocenters. The molecule has 0 amide bonds. The molecule has 0 aromatic heterocycles. The molecular formula is C13H14FNO. The van der Waals surface area contributed by atoms with E-state index in [0.717, 1.165) is 12.0 Å². The number of carbonyl (C=O) groups excluding carboxylic acids is 1. The minimum absolute atomic E-state index is 0.0700. The van der Waals surface area contributed by atoms with Gasteiger partial charge in [0, 0.05) is 24.3 Å². The predicted molar refractivity (Wildman–Crippen MR) is 60.0 cm³/mol.